The van der Waals surface area contributed by atoms with Gasteiger partial charge in [-0.2, -0.15) is 0 Å². The second-order valence-corrected chi connectivity index (χ2v) is 4.48. The van der Waals surface area contributed by atoms with Gasteiger partial charge in [0.2, 0.25) is 0 Å². The molecule has 1 heterocycles. The van der Waals surface area contributed by atoms with Crippen LogP contribution in [0.2, 0.25) is 0 Å². The summed E-state index contributed by atoms with van der Waals surface area (Å²) in [6.07, 6.45) is 8.13. The number of carbonyl (C=O) groups is 1. The fourth-order valence-electron chi connectivity index (χ4n) is 2.28. The fourth-order valence-corrected chi connectivity index (χ4v) is 2.28. The van der Waals surface area contributed by atoms with E-state index in [-0.39, 0.29) is 0 Å². The van der Waals surface area contributed by atoms with Crippen molar-refractivity contribution >= 4 is 5.97 Å². The lowest BCUT2D eigenvalue weighted by atomic mass is 9.81. The van der Waals surface area contributed by atoms with Crippen LogP contribution in [0.4, 0.5) is 0 Å². The summed E-state index contributed by atoms with van der Waals surface area (Å²) in [5.41, 5.74) is -0.716. The smallest absolute Gasteiger partial charge is 0.315 e. The maximum atomic E-state index is 11.4. The van der Waals surface area contributed by atoms with Gasteiger partial charge in [-0.05, 0) is 6.42 Å². The van der Waals surface area contributed by atoms with E-state index in [1.807, 2.05) is 24.3 Å². The standard InChI is InChI=1S/C12H18N2O2/c15-11(16)12(4-2-1-3-5-12)10-14-8-6-13-7-9-14/h1-4,13H,5-10H2,(H,15,16). The highest BCUT2D eigenvalue weighted by Crippen LogP contribution is 2.29. The summed E-state index contributed by atoms with van der Waals surface area (Å²) in [5, 5.41) is 12.7. The first-order chi connectivity index (χ1) is 7.73. The number of piperazine rings is 1. The molecule has 0 aromatic rings. The van der Waals surface area contributed by atoms with Crippen molar-refractivity contribution in [1.82, 2.24) is 10.2 Å². The van der Waals surface area contributed by atoms with Crippen LogP contribution in [0, 0.1) is 5.41 Å². The Balaban J connectivity index is 2.05. The number of nitrogens with zero attached hydrogens (tertiary/aromatic N) is 1. The van der Waals surface area contributed by atoms with Gasteiger partial charge in [0.25, 0.3) is 0 Å². The maximum absolute atomic E-state index is 11.4. The van der Waals surface area contributed by atoms with Crippen molar-refractivity contribution in [2.45, 2.75) is 6.42 Å². The molecule has 88 valence electrons. The molecule has 0 amide bonds. The van der Waals surface area contributed by atoms with Crippen LogP contribution >= 0.6 is 0 Å². The van der Waals surface area contributed by atoms with E-state index in [9.17, 15) is 9.90 Å². The molecule has 0 saturated carbocycles. The number of rotatable bonds is 3. The van der Waals surface area contributed by atoms with Crippen molar-refractivity contribution in [2.24, 2.45) is 5.41 Å². The minimum absolute atomic E-state index is 0.600. The van der Waals surface area contributed by atoms with Crippen molar-refractivity contribution in [2.75, 3.05) is 32.7 Å². The monoisotopic (exact) mass is 222 g/mol. The van der Waals surface area contributed by atoms with Crippen LogP contribution in [0.15, 0.2) is 24.3 Å². The number of carboxylic acid groups (broad SMARTS) is 1. The quantitative estimate of drug-likeness (QED) is 0.729. The van der Waals surface area contributed by atoms with Crippen molar-refractivity contribution in [1.29, 1.82) is 0 Å². The van der Waals surface area contributed by atoms with Gasteiger partial charge in [-0.15, -0.1) is 0 Å². The Morgan fingerprint density at radius 2 is 2.12 bits per heavy atom. The van der Waals surface area contributed by atoms with Crippen LogP contribution in [-0.2, 0) is 4.79 Å². The van der Waals surface area contributed by atoms with E-state index in [0.29, 0.717) is 13.0 Å². The molecule has 2 aliphatic rings. The van der Waals surface area contributed by atoms with Crippen LogP contribution in [0.5, 0.6) is 0 Å². The van der Waals surface area contributed by atoms with Gasteiger partial charge in [-0.3, -0.25) is 9.69 Å². The molecule has 0 aromatic carbocycles. The third kappa shape index (κ3) is 2.33. The molecule has 1 aliphatic carbocycles. The molecule has 1 atom stereocenters. The van der Waals surface area contributed by atoms with E-state index in [2.05, 4.69) is 10.2 Å². The summed E-state index contributed by atoms with van der Waals surface area (Å²) in [6.45, 7) is 4.40. The Labute approximate surface area is 95.6 Å². The Bertz CT molecular complexity index is 319. The Kier molecular flexibility index (Phi) is 3.41. The van der Waals surface area contributed by atoms with Crippen LogP contribution in [0.3, 0.4) is 0 Å². The lowest BCUT2D eigenvalue weighted by molar-refractivity contribution is -0.147. The van der Waals surface area contributed by atoms with Crippen LogP contribution in [0.25, 0.3) is 0 Å². The fraction of sp³-hybridized carbons (Fsp3) is 0.583. The zero-order chi connectivity index (χ0) is 11.4. The molecule has 0 spiro atoms. The third-order valence-corrected chi connectivity index (χ3v) is 3.29. The second kappa shape index (κ2) is 4.80. The van der Waals surface area contributed by atoms with Crippen LogP contribution in [-0.4, -0.2) is 48.7 Å². The van der Waals surface area contributed by atoms with Crippen molar-refractivity contribution < 1.29 is 9.90 Å². The van der Waals surface area contributed by atoms with E-state index < -0.39 is 11.4 Å². The maximum Gasteiger partial charge on any atom is 0.315 e. The summed E-state index contributed by atoms with van der Waals surface area (Å²) < 4.78 is 0. The van der Waals surface area contributed by atoms with Crippen molar-refractivity contribution in [3.8, 4) is 0 Å². The average Bonchev–Trinajstić information content (AvgIpc) is 2.31. The molecule has 0 aromatic heterocycles. The third-order valence-electron chi connectivity index (χ3n) is 3.29. The Morgan fingerprint density at radius 3 is 2.69 bits per heavy atom. The summed E-state index contributed by atoms with van der Waals surface area (Å²) in [4.78, 5) is 13.7. The van der Waals surface area contributed by atoms with E-state index in [1.54, 1.807) is 0 Å². The highest BCUT2D eigenvalue weighted by molar-refractivity contribution is 5.78. The minimum atomic E-state index is -0.716. The molecule has 16 heavy (non-hydrogen) atoms. The summed E-state index contributed by atoms with van der Waals surface area (Å²) in [7, 11) is 0. The number of hydrogen-bond acceptors (Lipinski definition) is 3. The van der Waals surface area contributed by atoms with Crippen LogP contribution in [0.1, 0.15) is 6.42 Å². The normalized spacial score (nSPS) is 30.5. The van der Waals surface area contributed by atoms with Crippen LogP contribution < -0.4 is 5.32 Å². The van der Waals surface area contributed by atoms with Crippen molar-refractivity contribution in [3.05, 3.63) is 24.3 Å². The van der Waals surface area contributed by atoms with Gasteiger partial charge in [0.1, 0.15) is 5.41 Å². The lowest BCUT2D eigenvalue weighted by Crippen LogP contribution is -2.49. The number of aliphatic carboxylic acids is 1. The summed E-state index contributed by atoms with van der Waals surface area (Å²) >= 11 is 0. The van der Waals surface area contributed by atoms with E-state index in [4.69, 9.17) is 0 Å². The molecule has 1 saturated heterocycles. The van der Waals surface area contributed by atoms with Gasteiger partial charge < -0.3 is 10.4 Å². The van der Waals surface area contributed by atoms with Gasteiger partial charge in [-0.1, -0.05) is 24.3 Å². The molecule has 1 unspecified atom stereocenters. The number of carboxylic acids is 1. The first-order valence-electron chi connectivity index (χ1n) is 5.74. The molecule has 0 radical (unpaired) electrons. The predicted molar refractivity (Wildman–Crippen MR) is 62.3 cm³/mol. The van der Waals surface area contributed by atoms with Gasteiger partial charge in [0, 0.05) is 32.7 Å². The molecule has 4 nitrogen and oxygen atoms in total. The molecular weight excluding hydrogens is 204 g/mol. The predicted octanol–water partition coefficient (Wildman–Crippen LogP) is 0.479. The van der Waals surface area contributed by atoms with Gasteiger partial charge >= 0.3 is 5.97 Å². The van der Waals surface area contributed by atoms with E-state index in [0.717, 1.165) is 26.2 Å². The molecule has 0 bridgehead atoms. The molecule has 2 N–H and O–H groups in total. The van der Waals surface area contributed by atoms with E-state index in [1.165, 1.54) is 0 Å². The topological polar surface area (TPSA) is 52.6 Å². The highest BCUT2D eigenvalue weighted by Gasteiger charge is 2.37. The molecule has 1 aliphatic heterocycles. The number of nitrogens with one attached hydrogen (secondary N) is 1. The molecule has 2 rings (SSSR count). The summed E-state index contributed by atoms with van der Waals surface area (Å²) in [6, 6.07) is 0. The number of hydrogen-bond donors (Lipinski definition) is 2. The lowest BCUT2D eigenvalue weighted by Gasteiger charge is -2.35. The molecule has 1 fully saturated rings. The van der Waals surface area contributed by atoms with E-state index >= 15 is 0 Å². The Hall–Kier alpha value is -1.13. The molecular formula is C12H18N2O2. The molecule has 4 heteroatoms. The highest BCUT2D eigenvalue weighted by atomic mass is 16.4. The second-order valence-electron chi connectivity index (χ2n) is 4.48. The van der Waals surface area contributed by atoms with Gasteiger partial charge in [0.15, 0.2) is 0 Å². The summed E-state index contributed by atoms with van der Waals surface area (Å²) in [5.74, 6) is -0.716. The zero-order valence-corrected chi connectivity index (χ0v) is 9.35. The largest absolute Gasteiger partial charge is 0.481 e. The Morgan fingerprint density at radius 1 is 1.38 bits per heavy atom. The van der Waals surface area contributed by atoms with Crippen molar-refractivity contribution in [3.63, 3.8) is 0 Å². The van der Waals surface area contributed by atoms with Gasteiger partial charge in [0.05, 0.1) is 0 Å². The average molecular weight is 222 g/mol. The first kappa shape index (κ1) is 11.4. The number of allylic oxidation sites excluding steroid dienone is 3. The minimum Gasteiger partial charge on any atom is -0.481 e. The zero-order valence-electron chi connectivity index (χ0n) is 9.35. The SMILES string of the molecule is O=C(O)C1(CN2CCNCC2)C=CC=CC1. The first-order valence-corrected chi connectivity index (χ1v) is 5.74. The van der Waals surface area contributed by atoms with Gasteiger partial charge in [-0.25, -0.2) is 0 Å².